The van der Waals surface area contributed by atoms with Crippen molar-refractivity contribution in [2.45, 2.75) is 26.3 Å². The SMILES string of the molecule is CC1(C)C=CC(C=O)CC1N1CCOCC1. The number of carbonyl (C=O) groups excluding carboxylic acids is 1. The molecule has 0 spiro atoms. The molecule has 2 unspecified atom stereocenters. The summed E-state index contributed by atoms with van der Waals surface area (Å²) in [6.45, 7) is 8.14. The van der Waals surface area contributed by atoms with Crippen molar-refractivity contribution in [3.05, 3.63) is 12.2 Å². The Bertz CT molecular complexity index is 280. The van der Waals surface area contributed by atoms with Gasteiger partial charge in [0, 0.05) is 25.0 Å². The fraction of sp³-hybridized carbons (Fsp3) is 0.769. The maximum atomic E-state index is 10.9. The van der Waals surface area contributed by atoms with Crippen LogP contribution >= 0.6 is 0 Å². The van der Waals surface area contributed by atoms with Gasteiger partial charge < -0.3 is 9.53 Å². The summed E-state index contributed by atoms with van der Waals surface area (Å²) in [5, 5.41) is 0. The summed E-state index contributed by atoms with van der Waals surface area (Å²) in [4.78, 5) is 13.4. The molecule has 3 nitrogen and oxygen atoms in total. The van der Waals surface area contributed by atoms with E-state index in [-0.39, 0.29) is 11.3 Å². The van der Waals surface area contributed by atoms with E-state index in [1.165, 1.54) is 0 Å². The van der Waals surface area contributed by atoms with Gasteiger partial charge in [0.1, 0.15) is 6.29 Å². The highest BCUT2D eigenvalue weighted by Gasteiger charge is 2.36. The first-order valence-corrected chi connectivity index (χ1v) is 6.10. The predicted octanol–water partition coefficient (Wildman–Crippen LogP) is 1.49. The summed E-state index contributed by atoms with van der Waals surface area (Å²) in [6, 6.07) is 0.469. The smallest absolute Gasteiger partial charge is 0.126 e. The van der Waals surface area contributed by atoms with E-state index in [2.05, 4.69) is 30.9 Å². The molecule has 1 saturated heterocycles. The minimum Gasteiger partial charge on any atom is -0.379 e. The van der Waals surface area contributed by atoms with Crippen LogP contribution in [0, 0.1) is 11.3 Å². The average Bonchev–Trinajstić information content (AvgIpc) is 2.30. The minimum atomic E-state index is 0.0980. The monoisotopic (exact) mass is 223 g/mol. The molecule has 1 fully saturated rings. The Balaban J connectivity index is 2.11. The van der Waals surface area contributed by atoms with E-state index in [0.717, 1.165) is 39.0 Å². The third kappa shape index (κ3) is 2.36. The summed E-state index contributed by atoms with van der Waals surface area (Å²) in [6.07, 6.45) is 6.28. The van der Waals surface area contributed by atoms with Crippen LogP contribution in [0.4, 0.5) is 0 Å². The average molecular weight is 223 g/mol. The topological polar surface area (TPSA) is 29.5 Å². The molecule has 0 aromatic carbocycles. The van der Waals surface area contributed by atoms with Crippen LogP contribution in [0.3, 0.4) is 0 Å². The van der Waals surface area contributed by atoms with Gasteiger partial charge in [0.25, 0.3) is 0 Å². The Morgan fingerprint density at radius 1 is 1.38 bits per heavy atom. The number of aldehydes is 1. The Kier molecular flexibility index (Phi) is 3.45. The van der Waals surface area contributed by atoms with Gasteiger partial charge in [-0.05, 0) is 11.8 Å². The second-order valence-corrected chi connectivity index (χ2v) is 5.38. The number of morpholine rings is 1. The quantitative estimate of drug-likeness (QED) is 0.525. The summed E-state index contributed by atoms with van der Waals surface area (Å²) in [7, 11) is 0. The number of carbonyl (C=O) groups is 1. The van der Waals surface area contributed by atoms with Crippen molar-refractivity contribution in [3.8, 4) is 0 Å². The molecule has 1 heterocycles. The molecule has 2 aliphatic rings. The van der Waals surface area contributed by atoms with Crippen molar-refractivity contribution < 1.29 is 9.53 Å². The van der Waals surface area contributed by atoms with Gasteiger partial charge in [-0.25, -0.2) is 0 Å². The number of hydrogen-bond donors (Lipinski definition) is 0. The number of ether oxygens (including phenoxy) is 1. The zero-order valence-electron chi connectivity index (χ0n) is 10.2. The summed E-state index contributed by atoms with van der Waals surface area (Å²) >= 11 is 0. The Morgan fingerprint density at radius 2 is 2.06 bits per heavy atom. The Labute approximate surface area is 97.5 Å². The maximum absolute atomic E-state index is 10.9. The van der Waals surface area contributed by atoms with E-state index < -0.39 is 0 Å². The van der Waals surface area contributed by atoms with Crippen LogP contribution in [0.25, 0.3) is 0 Å². The molecule has 1 aliphatic heterocycles. The molecule has 16 heavy (non-hydrogen) atoms. The van der Waals surface area contributed by atoms with Crippen LogP contribution in [0.15, 0.2) is 12.2 Å². The third-order valence-corrected chi connectivity index (χ3v) is 3.79. The van der Waals surface area contributed by atoms with Crippen LogP contribution < -0.4 is 0 Å². The first kappa shape index (κ1) is 11.8. The van der Waals surface area contributed by atoms with Gasteiger partial charge in [-0.2, -0.15) is 0 Å². The van der Waals surface area contributed by atoms with Crippen LogP contribution in [0.5, 0.6) is 0 Å². The first-order chi connectivity index (χ1) is 7.63. The maximum Gasteiger partial charge on any atom is 0.126 e. The van der Waals surface area contributed by atoms with Gasteiger partial charge in [-0.1, -0.05) is 26.0 Å². The number of hydrogen-bond acceptors (Lipinski definition) is 3. The van der Waals surface area contributed by atoms with Gasteiger partial charge in [-0.15, -0.1) is 0 Å². The molecule has 2 atom stereocenters. The molecule has 0 radical (unpaired) electrons. The molecular formula is C13H21NO2. The number of rotatable bonds is 2. The van der Waals surface area contributed by atoms with Crippen molar-refractivity contribution in [2.75, 3.05) is 26.3 Å². The molecule has 0 N–H and O–H groups in total. The molecule has 0 bridgehead atoms. The Morgan fingerprint density at radius 3 is 2.69 bits per heavy atom. The van der Waals surface area contributed by atoms with E-state index in [0.29, 0.717) is 6.04 Å². The molecule has 90 valence electrons. The van der Waals surface area contributed by atoms with E-state index in [4.69, 9.17) is 4.74 Å². The highest BCUT2D eigenvalue weighted by molar-refractivity contribution is 5.57. The summed E-state index contributed by atoms with van der Waals surface area (Å²) in [5.41, 5.74) is 0.164. The minimum absolute atomic E-state index is 0.0980. The van der Waals surface area contributed by atoms with E-state index >= 15 is 0 Å². The van der Waals surface area contributed by atoms with Crippen molar-refractivity contribution >= 4 is 6.29 Å². The van der Waals surface area contributed by atoms with Crippen LogP contribution in [-0.2, 0) is 9.53 Å². The summed E-state index contributed by atoms with van der Waals surface area (Å²) in [5.74, 6) is 0.0980. The highest BCUT2D eigenvalue weighted by Crippen LogP contribution is 2.36. The normalized spacial score (nSPS) is 34.9. The van der Waals surface area contributed by atoms with Crippen molar-refractivity contribution in [2.24, 2.45) is 11.3 Å². The molecular weight excluding hydrogens is 202 g/mol. The van der Waals surface area contributed by atoms with Crippen LogP contribution in [0.1, 0.15) is 20.3 Å². The van der Waals surface area contributed by atoms with Gasteiger partial charge in [0.05, 0.1) is 13.2 Å². The largest absolute Gasteiger partial charge is 0.379 e. The number of nitrogens with zero attached hydrogens (tertiary/aromatic N) is 1. The van der Waals surface area contributed by atoms with Crippen LogP contribution in [-0.4, -0.2) is 43.5 Å². The zero-order chi connectivity index (χ0) is 11.6. The lowest BCUT2D eigenvalue weighted by atomic mass is 9.74. The van der Waals surface area contributed by atoms with Crippen molar-refractivity contribution in [3.63, 3.8) is 0 Å². The van der Waals surface area contributed by atoms with Gasteiger partial charge in [-0.3, -0.25) is 4.90 Å². The zero-order valence-corrected chi connectivity index (χ0v) is 10.2. The molecule has 0 saturated carbocycles. The van der Waals surface area contributed by atoms with E-state index in [1.54, 1.807) is 0 Å². The number of allylic oxidation sites excluding steroid dienone is 1. The molecule has 0 aromatic rings. The standard InChI is InChI=1S/C13H21NO2/c1-13(2)4-3-11(10-15)9-12(13)14-5-7-16-8-6-14/h3-4,10-12H,5-9H2,1-2H3. The Hall–Kier alpha value is -0.670. The molecule has 3 heteroatoms. The van der Waals surface area contributed by atoms with Crippen LogP contribution in [0.2, 0.25) is 0 Å². The van der Waals surface area contributed by atoms with Crippen molar-refractivity contribution in [1.29, 1.82) is 0 Å². The molecule has 2 rings (SSSR count). The fourth-order valence-electron chi connectivity index (χ4n) is 2.73. The second kappa shape index (κ2) is 4.68. The van der Waals surface area contributed by atoms with E-state index in [9.17, 15) is 4.79 Å². The molecule has 0 aromatic heterocycles. The lowest BCUT2D eigenvalue weighted by Gasteiger charge is -2.45. The van der Waals surface area contributed by atoms with Gasteiger partial charge in [0.2, 0.25) is 0 Å². The lowest BCUT2D eigenvalue weighted by molar-refractivity contribution is -0.111. The lowest BCUT2D eigenvalue weighted by Crippen LogP contribution is -2.51. The predicted molar refractivity (Wildman–Crippen MR) is 63.3 cm³/mol. The third-order valence-electron chi connectivity index (χ3n) is 3.79. The first-order valence-electron chi connectivity index (χ1n) is 6.10. The fourth-order valence-corrected chi connectivity index (χ4v) is 2.73. The highest BCUT2D eigenvalue weighted by atomic mass is 16.5. The van der Waals surface area contributed by atoms with Crippen molar-refractivity contribution in [1.82, 2.24) is 4.90 Å². The van der Waals surface area contributed by atoms with Gasteiger partial charge >= 0.3 is 0 Å². The second-order valence-electron chi connectivity index (χ2n) is 5.38. The van der Waals surface area contributed by atoms with Gasteiger partial charge in [0.15, 0.2) is 0 Å². The molecule has 0 amide bonds. The van der Waals surface area contributed by atoms with E-state index in [1.807, 2.05) is 0 Å². The molecule has 1 aliphatic carbocycles. The summed E-state index contributed by atoms with van der Waals surface area (Å²) < 4.78 is 5.38.